The van der Waals surface area contributed by atoms with Crippen LogP contribution < -0.4 is 0 Å². The first-order valence-corrected chi connectivity index (χ1v) is 4.82. The van der Waals surface area contributed by atoms with Gasteiger partial charge in [-0.1, -0.05) is 19.8 Å². The van der Waals surface area contributed by atoms with Gasteiger partial charge in [-0.05, 0) is 27.2 Å². The van der Waals surface area contributed by atoms with Crippen molar-refractivity contribution in [1.82, 2.24) is 0 Å². The van der Waals surface area contributed by atoms with Gasteiger partial charge < -0.3 is 9.84 Å². The van der Waals surface area contributed by atoms with Crippen LogP contribution in [-0.2, 0) is 4.74 Å². The van der Waals surface area contributed by atoms with E-state index in [1.54, 1.807) is 13.8 Å². The summed E-state index contributed by atoms with van der Waals surface area (Å²) in [6.07, 6.45) is 3.44. The van der Waals surface area contributed by atoms with E-state index >= 15 is 0 Å². The van der Waals surface area contributed by atoms with E-state index in [2.05, 4.69) is 6.92 Å². The average molecular weight is 174 g/mol. The zero-order valence-corrected chi connectivity index (χ0v) is 8.76. The molecule has 0 spiro atoms. The zero-order chi connectivity index (χ0) is 9.61. The van der Waals surface area contributed by atoms with E-state index in [1.807, 2.05) is 6.92 Å². The highest BCUT2D eigenvalue weighted by Gasteiger charge is 2.22. The summed E-state index contributed by atoms with van der Waals surface area (Å²) in [5.41, 5.74) is -0.716. The van der Waals surface area contributed by atoms with Gasteiger partial charge in [-0.2, -0.15) is 0 Å². The lowest BCUT2D eigenvalue weighted by atomic mass is 10.0. The highest BCUT2D eigenvalue weighted by atomic mass is 16.5. The molecule has 1 unspecified atom stereocenters. The fraction of sp³-hybridized carbons (Fsp3) is 1.00. The van der Waals surface area contributed by atoms with Crippen molar-refractivity contribution >= 4 is 0 Å². The summed E-state index contributed by atoms with van der Waals surface area (Å²) in [6, 6.07) is 0. The van der Waals surface area contributed by atoms with Crippen LogP contribution in [0.1, 0.15) is 47.0 Å². The molecule has 0 saturated heterocycles. The monoisotopic (exact) mass is 174 g/mol. The lowest BCUT2D eigenvalue weighted by Crippen LogP contribution is -2.35. The summed E-state index contributed by atoms with van der Waals surface area (Å²) in [6.45, 7) is 8.39. The van der Waals surface area contributed by atoms with Crippen molar-refractivity contribution in [3.63, 3.8) is 0 Å². The van der Waals surface area contributed by atoms with Gasteiger partial charge in [0, 0.05) is 6.61 Å². The van der Waals surface area contributed by atoms with Crippen LogP contribution in [0.4, 0.5) is 0 Å². The third-order valence-corrected chi connectivity index (χ3v) is 2.11. The first-order chi connectivity index (χ1) is 5.48. The lowest BCUT2D eigenvalue weighted by molar-refractivity contribution is -0.0791. The van der Waals surface area contributed by atoms with Crippen molar-refractivity contribution < 1.29 is 9.84 Å². The quantitative estimate of drug-likeness (QED) is 0.626. The van der Waals surface area contributed by atoms with Crippen molar-refractivity contribution in [2.45, 2.75) is 58.7 Å². The smallest absolute Gasteiger partial charge is 0.0849 e. The van der Waals surface area contributed by atoms with Gasteiger partial charge in [0.1, 0.15) is 0 Å². The summed E-state index contributed by atoms with van der Waals surface area (Å²) in [5, 5.41) is 9.52. The van der Waals surface area contributed by atoms with Gasteiger partial charge >= 0.3 is 0 Å². The van der Waals surface area contributed by atoms with Gasteiger partial charge in [-0.3, -0.25) is 0 Å². The van der Waals surface area contributed by atoms with E-state index in [0.29, 0.717) is 0 Å². The third-order valence-electron chi connectivity index (χ3n) is 2.11. The molecular formula is C10H22O2. The molecule has 0 saturated carbocycles. The Hall–Kier alpha value is -0.0800. The minimum absolute atomic E-state index is 0.0747. The molecule has 2 nitrogen and oxygen atoms in total. The van der Waals surface area contributed by atoms with E-state index in [0.717, 1.165) is 13.0 Å². The Morgan fingerprint density at radius 1 is 1.33 bits per heavy atom. The van der Waals surface area contributed by atoms with Crippen LogP contribution in [-0.4, -0.2) is 23.4 Å². The summed E-state index contributed by atoms with van der Waals surface area (Å²) in [5.74, 6) is 0. The van der Waals surface area contributed by atoms with Crippen LogP contribution in [0.25, 0.3) is 0 Å². The second kappa shape index (κ2) is 5.55. The number of hydrogen-bond acceptors (Lipinski definition) is 2. The van der Waals surface area contributed by atoms with Crippen LogP contribution in [0.2, 0.25) is 0 Å². The SMILES string of the molecule is CCCCCOC(C)C(C)(C)O. The van der Waals surface area contributed by atoms with Crippen LogP contribution in [0.3, 0.4) is 0 Å². The summed E-state index contributed by atoms with van der Waals surface area (Å²) < 4.78 is 5.46. The highest BCUT2D eigenvalue weighted by Crippen LogP contribution is 2.12. The molecule has 0 radical (unpaired) electrons. The minimum atomic E-state index is -0.716. The first kappa shape index (κ1) is 11.9. The van der Waals surface area contributed by atoms with Crippen LogP contribution in [0.5, 0.6) is 0 Å². The summed E-state index contributed by atoms with van der Waals surface area (Å²) in [4.78, 5) is 0. The summed E-state index contributed by atoms with van der Waals surface area (Å²) in [7, 11) is 0. The molecule has 0 heterocycles. The molecule has 0 aliphatic carbocycles. The Kier molecular flexibility index (Phi) is 5.51. The van der Waals surface area contributed by atoms with E-state index < -0.39 is 5.60 Å². The molecule has 0 aromatic rings. The molecule has 0 aliphatic heterocycles. The van der Waals surface area contributed by atoms with Gasteiger partial charge in [-0.25, -0.2) is 0 Å². The maximum absolute atomic E-state index is 9.52. The zero-order valence-electron chi connectivity index (χ0n) is 8.76. The Labute approximate surface area is 75.9 Å². The van der Waals surface area contributed by atoms with Gasteiger partial charge in [0.2, 0.25) is 0 Å². The molecule has 0 aliphatic rings. The molecule has 0 aromatic heterocycles. The topological polar surface area (TPSA) is 29.5 Å². The van der Waals surface area contributed by atoms with Crippen molar-refractivity contribution in [2.24, 2.45) is 0 Å². The molecule has 1 atom stereocenters. The number of rotatable bonds is 6. The molecular weight excluding hydrogens is 152 g/mol. The molecule has 0 amide bonds. The van der Waals surface area contributed by atoms with Gasteiger partial charge in [0.05, 0.1) is 11.7 Å². The number of aliphatic hydroxyl groups is 1. The Morgan fingerprint density at radius 2 is 1.92 bits per heavy atom. The molecule has 0 fully saturated rings. The lowest BCUT2D eigenvalue weighted by Gasteiger charge is -2.25. The second-order valence-corrected chi connectivity index (χ2v) is 3.87. The van der Waals surface area contributed by atoms with Crippen LogP contribution in [0, 0.1) is 0 Å². The molecule has 0 bridgehead atoms. The van der Waals surface area contributed by atoms with Gasteiger partial charge in [0.25, 0.3) is 0 Å². The molecule has 2 heteroatoms. The van der Waals surface area contributed by atoms with Crippen molar-refractivity contribution in [2.75, 3.05) is 6.61 Å². The Bertz CT molecular complexity index is 105. The average Bonchev–Trinajstić information content (AvgIpc) is 1.96. The van der Waals surface area contributed by atoms with Crippen LogP contribution in [0.15, 0.2) is 0 Å². The van der Waals surface area contributed by atoms with Crippen molar-refractivity contribution in [3.05, 3.63) is 0 Å². The predicted molar refractivity (Wildman–Crippen MR) is 51.2 cm³/mol. The number of hydrogen-bond donors (Lipinski definition) is 1. The third kappa shape index (κ3) is 5.56. The molecule has 74 valence electrons. The van der Waals surface area contributed by atoms with Crippen molar-refractivity contribution in [3.8, 4) is 0 Å². The summed E-state index contributed by atoms with van der Waals surface area (Å²) >= 11 is 0. The maximum atomic E-state index is 9.52. The Morgan fingerprint density at radius 3 is 2.33 bits per heavy atom. The number of ether oxygens (including phenoxy) is 1. The van der Waals surface area contributed by atoms with Crippen molar-refractivity contribution in [1.29, 1.82) is 0 Å². The van der Waals surface area contributed by atoms with E-state index in [1.165, 1.54) is 12.8 Å². The minimum Gasteiger partial charge on any atom is -0.388 e. The fourth-order valence-corrected chi connectivity index (χ4v) is 0.816. The second-order valence-electron chi connectivity index (χ2n) is 3.87. The van der Waals surface area contributed by atoms with E-state index in [-0.39, 0.29) is 6.10 Å². The van der Waals surface area contributed by atoms with E-state index in [4.69, 9.17) is 4.74 Å². The molecule has 0 aromatic carbocycles. The number of unbranched alkanes of at least 4 members (excludes halogenated alkanes) is 2. The normalized spacial score (nSPS) is 14.8. The largest absolute Gasteiger partial charge is 0.388 e. The fourth-order valence-electron chi connectivity index (χ4n) is 0.816. The van der Waals surface area contributed by atoms with E-state index in [9.17, 15) is 5.11 Å². The van der Waals surface area contributed by atoms with Gasteiger partial charge in [-0.15, -0.1) is 0 Å². The van der Waals surface area contributed by atoms with Gasteiger partial charge in [0.15, 0.2) is 0 Å². The molecule has 12 heavy (non-hydrogen) atoms. The first-order valence-electron chi connectivity index (χ1n) is 4.82. The Balaban J connectivity index is 3.38. The highest BCUT2D eigenvalue weighted by molar-refractivity contribution is 4.73. The van der Waals surface area contributed by atoms with Crippen LogP contribution >= 0.6 is 0 Å². The predicted octanol–water partition coefficient (Wildman–Crippen LogP) is 2.35. The molecule has 1 N–H and O–H groups in total. The maximum Gasteiger partial charge on any atom is 0.0849 e. The molecule has 0 rings (SSSR count). The standard InChI is InChI=1S/C10H22O2/c1-5-6-7-8-12-9(2)10(3,4)11/h9,11H,5-8H2,1-4H3.